The van der Waals surface area contributed by atoms with Crippen LogP contribution in [0.5, 0.6) is 0 Å². The lowest BCUT2D eigenvalue weighted by Gasteiger charge is -2.22. The second-order valence-corrected chi connectivity index (χ2v) is 5.12. The van der Waals surface area contributed by atoms with Gasteiger partial charge in [0.25, 0.3) is 0 Å². The van der Waals surface area contributed by atoms with Crippen molar-refractivity contribution in [1.82, 2.24) is 0 Å². The van der Waals surface area contributed by atoms with Crippen molar-refractivity contribution in [2.45, 2.75) is 27.3 Å². The molecule has 2 rings (SSSR count). The zero-order valence-electron chi connectivity index (χ0n) is 13.0. The van der Waals surface area contributed by atoms with Gasteiger partial charge in [-0.15, -0.1) is 0 Å². The maximum atomic E-state index is 13.6. The predicted molar refractivity (Wildman–Crippen MR) is 88.5 cm³/mol. The molecule has 0 aliphatic rings. The van der Waals surface area contributed by atoms with Gasteiger partial charge in [0.2, 0.25) is 0 Å². The maximum Gasteiger partial charge on any atom is 0.128 e. The van der Waals surface area contributed by atoms with Crippen molar-refractivity contribution in [3.8, 4) is 0 Å². The van der Waals surface area contributed by atoms with E-state index in [0.717, 1.165) is 18.8 Å². The van der Waals surface area contributed by atoms with E-state index in [-0.39, 0.29) is 5.82 Å². The lowest BCUT2D eigenvalue weighted by molar-refractivity contribution is 0.613. The summed E-state index contributed by atoms with van der Waals surface area (Å²) < 4.78 is 13.6. The molecule has 0 aliphatic carbocycles. The normalized spacial score (nSPS) is 10.5. The maximum absolute atomic E-state index is 13.6. The van der Waals surface area contributed by atoms with Gasteiger partial charge in [-0.25, -0.2) is 4.39 Å². The van der Waals surface area contributed by atoms with Crippen LogP contribution in [-0.2, 0) is 6.54 Å². The van der Waals surface area contributed by atoms with E-state index < -0.39 is 0 Å². The number of nitrogens with zero attached hydrogens (tertiary/aromatic N) is 1. The van der Waals surface area contributed by atoms with Crippen molar-refractivity contribution >= 4 is 11.4 Å². The van der Waals surface area contributed by atoms with Gasteiger partial charge in [0.05, 0.1) is 0 Å². The van der Waals surface area contributed by atoms with Crippen LogP contribution in [0, 0.1) is 12.7 Å². The summed E-state index contributed by atoms with van der Waals surface area (Å²) in [7, 11) is 0. The summed E-state index contributed by atoms with van der Waals surface area (Å²) in [5.41, 5.74) is 4.14. The Labute approximate surface area is 126 Å². The van der Waals surface area contributed by atoms with E-state index in [0.29, 0.717) is 12.1 Å². The monoisotopic (exact) mass is 286 g/mol. The van der Waals surface area contributed by atoms with E-state index in [4.69, 9.17) is 0 Å². The average molecular weight is 286 g/mol. The Hall–Kier alpha value is -2.03. The minimum absolute atomic E-state index is 0.164. The van der Waals surface area contributed by atoms with Gasteiger partial charge >= 0.3 is 0 Å². The summed E-state index contributed by atoms with van der Waals surface area (Å²) in [6.07, 6.45) is 0. The molecule has 0 aromatic heterocycles. The van der Waals surface area contributed by atoms with E-state index in [2.05, 4.69) is 49.2 Å². The molecule has 0 fully saturated rings. The Morgan fingerprint density at radius 2 is 1.76 bits per heavy atom. The van der Waals surface area contributed by atoms with Crippen LogP contribution in [-0.4, -0.2) is 13.1 Å². The molecule has 21 heavy (non-hydrogen) atoms. The highest BCUT2D eigenvalue weighted by atomic mass is 19.1. The van der Waals surface area contributed by atoms with E-state index in [9.17, 15) is 4.39 Å². The van der Waals surface area contributed by atoms with Crippen LogP contribution in [0.15, 0.2) is 42.5 Å². The largest absolute Gasteiger partial charge is 0.381 e. The van der Waals surface area contributed by atoms with Gasteiger partial charge in [0, 0.05) is 36.6 Å². The second kappa shape index (κ2) is 7.11. The van der Waals surface area contributed by atoms with E-state index in [1.165, 1.54) is 17.3 Å². The quantitative estimate of drug-likeness (QED) is 0.835. The van der Waals surface area contributed by atoms with Crippen LogP contribution in [0.3, 0.4) is 0 Å². The van der Waals surface area contributed by atoms with Gasteiger partial charge in [-0.3, -0.25) is 0 Å². The number of benzene rings is 2. The van der Waals surface area contributed by atoms with Gasteiger partial charge in [0.15, 0.2) is 0 Å². The van der Waals surface area contributed by atoms with Crippen LogP contribution in [0.1, 0.15) is 25.0 Å². The van der Waals surface area contributed by atoms with Crippen LogP contribution >= 0.6 is 0 Å². The molecule has 0 radical (unpaired) electrons. The summed E-state index contributed by atoms with van der Waals surface area (Å²) in [5, 5.41) is 3.31. The van der Waals surface area contributed by atoms with Gasteiger partial charge in [-0.1, -0.05) is 18.2 Å². The number of nitrogens with one attached hydrogen (secondary N) is 1. The van der Waals surface area contributed by atoms with Crippen LogP contribution < -0.4 is 10.2 Å². The van der Waals surface area contributed by atoms with Crippen LogP contribution in [0.4, 0.5) is 15.8 Å². The third-order valence-electron chi connectivity index (χ3n) is 3.77. The SMILES string of the molecule is CCN(CC)c1ccc(NCc2ccccc2F)c(C)c1. The Bertz CT molecular complexity index is 592. The van der Waals surface area contributed by atoms with E-state index >= 15 is 0 Å². The number of hydrogen-bond acceptors (Lipinski definition) is 2. The van der Waals surface area contributed by atoms with E-state index in [1.54, 1.807) is 6.07 Å². The van der Waals surface area contributed by atoms with Crippen molar-refractivity contribution < 1.29 is 4.39 Å². The lowest BCUT2D eigenvalue weighted by Crippen LogP contribution is -2.21. The molecule has 0 saturated heterocycles. The molecule has 2 nitrogen and oxygen atoms in total. The van der Waals surface area contributed by atoms with Gasteiger partial charge in [-0.2, -0.15) is 0 Å². The van der Waals surface area contributed by atoms with Crippen molar-refractivity contribution in [2.75, 3.05) is 23.3 Å². The number of rotatable bonds is 6. The number of halogens is 1. The number of anilines is 2. The molecule has 3 heteroatoms. The molecule has 0 amide bonds. The predicted octanol–water partition coefficient (Wildman–Crippen LogP) is 4.59. The third-order valence-corrected chi connectivity index (χ3v) is 3.77. The summed E-state index contributed by atoms with van der Waals surface area (Å²) >= 11 is 0. The molecule has 2 aromatic carbocycles. The summed E-state index contributed by atoms with van der Waals surface area (Å²) in [4.78, 5) is 2.31. The first-order valence-electron chi connectivity index (χ1n) is 7.48. The molecule has 112 valence electrons. The molecule has 0 spiro atoms. The smallest absolute Gasteiger partial charge is 0.128 e. The Kier molecular flexibility index (Phi) is 5.20. The third kappa shape index (κ3) is 3.75. The van der Waals surface area contributed by atoms with Gasteiger partial charge < -0.3 is 10.2 Å². The van der Waals surface area contributed by atoms with Gasteiger partial charge in [-0.05, 0) is 50.6 Å². The topological polar surface area (TPSA) is 15.3 Å². The molecular weight excluding hydrogens is 263 g/mol. The zero-order chi connectivity index (χ0) is 15.2. The van der Waals surface area contributed by atoms with Crippen molar-refractivity contribution in [3.05, 3.63) is 59.4 Å². The van der Waals surface area contributed by atoms with Crippen molar-refractivity contribution in [3.63, 3.8) is 0 Å². The molecule has 0 saturated carbocycles. The first-order valence-corrected chi connectivity index (χ1v) is 7.48. The summed E-state index contributed by atoms with van der Waals surface area (Å²) in [6, 6.07) is 13.2. The molecule has 0 atom stereocenters. The molecule has 0 unspecified atom stereocenters. The molecule has 0 aliphatic heterocycles. The highest BCUT2D eigenvalue weighted by Crippen LogP contribution is 2.23. The number of aryl methyl sites for hydroxylation is 1. The first kappa shape index (κ1) is 15.4. The fourth-order valence-corrected chi connectivity index (χ4v) is 2.46. The average Bonchev–Trinajstić information content (AvgIpc) is 2.49. The fourth-order valence-electron chi connectivity index (χ4n) is 2.46. The minimum atomic E-state index is -0.164. The highest BCUT2D eigenvalue weighted by Gasteiger charge is 2.06. The molecular formula is C18H23FN2. The van der Waals surface area contributed by atoms with Crippen molar-refractivity contribution in [2.24, 2.45) is 0 Å². The van der Waals surface area contributed by atoms with Crippen LogP contribution in [0.2, 0.25) is 0 Å². The van der Waals surface area contributed by atoms with Crippen LogP contribution in [0.25, 0.3) is 0 Å². The minimum Gasteiger partial charge on any atom is -0.381 e. The van der Waals surface area contributed by atoms with Gasteiger partial charge in [0.1, 0.15) is 5.82 Å². The van der Waals surface area contributed by atoms with Crippen molar-refractivity contribution in [1.29, 1.82) is 0 Å². The molecule has 0 heterocycles. The Balaban J connectivity index is 2.09. The second-order valence-electron chi connectivity index (χ2n) is 5.12. The summed E-state index contributed by atoms with van der Waals surface area (Å²) in [5.74, 6) is -0.164. The Morgan fingerprint density at radius 3 is 2.38 bits per heavy atom. The molecule has 1 N–H and O–H groups in total. The van der Waals surface area contributed by atoms with E-state index in [1.807, 2.05) is 12.1 Å². The Morgan fingerprint density at radius 1 is 1.05 bits per heavy atom. The fraction of sp³-hybridized carbons (Fsp3) is 0.333. The molecule has 2 aromatic rings. The lowest BCUT2D eigenvalue weighted by atomic mass is 10.1. The number of hydrogen-bond donors (Lipinski definition) is 1. The summed E-state index contributed by atoms with van der Waals surface area (Å²) in [6.45, 7) is 8.89. The first-order chi connectivity index (χ1) is 10.2. The highest BCUT2D eigenvalue weighted by molar-refractivity contribution is 5.60. The standard InChI is InChI=1S/C18H23FN2/c1-4-21(5-2)16-10-11-18(14(3)12-16)20-13-15-8-6-7-9-17(15)19/h6-12,20H,4-5,13H2,1-3H3. The molecule has 0 bridgehead atoms. The zero-order valence-corrected chi connectivity index (χ0v) is 13.0.